The molecular formula is C14H21N3O. The molecule has 4 heteroatoms. The van der Waals surface area contributed by atoms with Crippen LogP contribution in [0.3, 0.4) is 0 Å². The van der Waals surface area contributed by atoms with Gasteiger partial charge >= 0.3 is 0 Å². The number of aldehydes is 1. The average molecular weight is 247 g/mol. The van der Waals surface area contributed by atoms with Crippen molar-refractivity contribution < 1.29 is 4.79 Å². The molecule has 18 heavy (non-hydrogen) atoms. The van der Waals surface area contributed by atoms with Crippen LogP contribution in [0.1, 0.15) is 44.1 Å². The molecule has 0 aromatic carbocycles. The number of nitrogens with zero attached hydrogens (tertiary/aromatic N) is 3. The fourth-order valence-electron chi connectivity index (χ4n) is 2.26. The number of hydrogen-bond donors (Lipinski definition) is 0. The summed E-state index contributed by atoms with van der Waals surface area (Å²) in [5, 5.41) is 0. The lowest BCUT2D eigenvalue weighted by Gasteiger charge is -2.31. The molecule has 98 valence electrons. The van der Waals surface area contributed by atoms with E-state index in [4.69, 9.17) is 0 Å². The van der Waals surface area contributed by atoms with Crippen molar-refractivity contribution in [3.63, 3.8) is 0 Å². The van der Waals surface area contributed by atoms with Crippen molar-refractivity contribution in [2.45, 2.75) is 39.5 Å². The Hall–Kier alpha value is -1.45. The van der Waals surface area contributed by atoms with Crippen LogP contribution in [0.15, 0.2) is 6.07 Å². The number of anilines is 1. The highest BCUT2D eigenvalue weighted by molar-refractivity contribution is 5.54. The van der Waals surface area contributed by atoms with Gasteiger partial charge in [0.2, 0.25) is 0 Å². The van der Waals surface area contributed by atoms with E-state index in [1.54, 1.807) is 0 Å². The largest absolute Gasteiger partial charge is 0.356 e. The topological polar surface area (TPSA) is 46.1 Å². The normalized spacial score (nSPS) is 17.2. The third kappa shape index (κ3) is 2.86. The summed E-state index contributed by atoms with van der Waals surface area (Å²) in [6.45, 7) is 8.05. The van der Waals surface area contributed by atoms with Gasteiger partial charge in [0.05, 0.1) is 0 Å². The van der Waals surface area contributed by atoms with Crippen molar-refractivity contribution in [1.82, 2.24) is 9.97 Å². The van der Waals surface area contributed by atoms with Gasteiger partial charge in [0.25, 0.3) is 0 Å². The molecule has 4 nitrogen and oxygen atoms in total. The smallest absolute Gasteiger partial charge is 0.133 e. The Morgan fingerprint density at radius 2 is 2.00 bits per heavy atom. The molecule has 1 aromatic heterocycles. The first-order chi connectivity index (χ1) is 8.60. The highest BCUT2D eigenvalue weighted by Gasteiger charge is 2.20. The summed E-state index contributed by atoms with van der Waals surface area (Å²) in [5.41, 5.74) is 1.02. The molecule has 2 rings (SSSR count). The maximum Gasteiger partial charge on any atom is 0.133 e. The molecule has 0 unspecified atom stereocenters. The second-order valence-electron chi connectivity index (χ2n) is 5.34. The number of rotatable bonds is 3. The van der Waals surface area contributed by atoms with Crippen LogP contribution in [0.4, 0.5) is 5.82 Å². The molecule has 0 N–H and O–H groups in total. The van der Waals surface area contributed by atoms with Crippen molar-refractivity contribution in [1.29, 1.82) is 0 Å². The van der Waals surface area contributed by atoms with E-state index >= 15 is 0 Å². The lowest BCUT2D eigenvalue weighted by Crippen LogP contribution is -2.35. The molecule has 1 aliphatic rings. The summed E-state index contributed by atoms with van der Waals surface area (Å²) in [7, 11) is 0. The van der Waals surface area contributed by atoms with Gasteiger partial charge in [0.1, 0.15) is 17.9 Å². The molecular weight excluding hydrogens is 226 g/mol. The van der Waals surface area contributed by atoms with Crippen molar-refractivity contribution in [3.05, 3.63) is 17.6 Å². The molecule has 1 aliphatic heterocycles. The second-order valence-corrected chi connectivity index (χ2v) is 5.34. The number of aryl methyl sites for hydroxylation is 1. The summed E-state index contributed by atoms with van der Waals surface area (Å²) in [4.78, 5) is 22.1. The minimum atomic E-state index is 0.230. The lowest BCUT2D eigenvalue weighted by atomic mass is 9.99. The third-order valence-electron chi connectivity index (χ3n) is 3.43. The second kappa shape index (κ2) is 5.46. The summed E-state index contributed by atoms with van der Waals surface area (Å²) in [6.07, 6.45) is 2.95. The molecule has 1 fully saturated rings. The number of piperidine rings is 1. The van der Waals surface area contributed by atoms with Gasteiger partial charge in [-0.1, -0.05) is 13.8 Å². The average Bonchev–Trinajstić information content (AvgIpc) is 2.38. The first kappa shape index (κ1) is 13.0. The number of carbonyl (C=O) groups excluding carboxylic acids is 1. The van der Waals surface area contributed by atoms with Gasteiger partial charge in [-0.25, -0.2) is 9.97 Å². The molecule has 0 atom stereocenters. The van der Waals surface area contributed by atoms with E-state index < -0.39 is 0 Å². The van der Waals surface area contributed by atoms with Gasteiger partial charge in [-0.3, -0.25) is 0 Å². The molecule has 0 aliphatic carbocycles. The van der Waals surface area contributed by atoms with Gasteiger partial charge < -0.3 is 9.69 Å². The van der Waals surface area contributed by atoms with Crippen LogP contribution in [0, 0.1) is 12.8 Å². The molecule has 0 bridgehead atoms. The van der Waals surface area contributed by atoms with E-state index in [1.165, 1.54) is 0 Å². The fraction of sp³-hybridized carbons (Fsp3) is 0.643. The van der Waals surface area contributed by atoms with Crippen LogP contribution >= 0.6 is 0 Å². The van der Waals surface area contributed by atoms with E-state index in [9.17, 15) is 4.79 Å². The van der Waals surface area contributed by atoms with E-state index in [1.807, 2.05) is 13.0 Å². The Bertz CT molecular complexity index is 423. The zero-order valence-electron chi connectivity index (χ0n) is 11.4. The third-order valence-corrected chi connectivity index (χ3v) is 3.43. The van der Waals surface area contributed by atoms with Gasteiger partial charge in [-0.2, -0.15) is 0 Å². The monoisotopic (exact) mass is 247 g/mol. The first-order valence-electron chi connectivity index (χ1n) is 6.66. The lowest BCUT2D eigenvalue weighted by molar-refractivity contribution is -0.111. The summed E-state index contributed by atoms with van der Waals surface area (Å²) >= 11 is 0. The summed E-state index contributed by atoms with van der Waals surface area (Å²) in [5.74, 6) is 2.49. The minimum absolute atomic E-state index is 0.230. The first-order valence-corrected chi connectivity index (χ1v) is 6.66. The maximum absolute atomic E-state index is 10.8. The Labute approximate surface area is 108 Å². The van der Waals surface area contributed by atoms with Crippen LogP contribution in [0.25, 0.3) is 0 Å². The quantitative estimate of drug-likeness (QED) is 0.769. The predicted molar refractivity (Wildman–Crippen MR) is 71.9 cm³/mol. The molecule has 1 saturated heterocycles. The summed E-state index contributed by atoms with van der Waals surface area (Å²) in [6, 6.07) is 2.03. The predicted octanol–water partition coefficient (Wildman–Crippen LogP) is 2.32. The van der Waals surface area contributed by atoms with Crippen molar-refractivity contribution in [3.8, 4) is 0 Å². The van der Waals surface area contributed by atoms with Crippen LogP contribution in [-0.2, 0) is 4.79 Å². The highest BCUT2D eigenvalue weighted by Crippen LogP contribution is 2.22. The van der Waals surface area contributed by atoms with Crippen LogP contribution < -0.4 is 4.90 Å². The van der Waals surface area contributed by atoms with Crippen LogP contribution in [0.2, 0.25) is 0 Å². The molecule has 1 aromatic rings. The van der Waals surface area contributed by atoms with Crippen LogP contribution in [0.5, 0.6) is 0 Å². The van der Waals surface area contributed by atoms with Gasteiger partial charge in [-0.15, -0.1) is 0 Å². The molecule has 0 radical (unpaired) electrons. The zero-order chi connectivity index (χ0) is 13.1. The molecule has 0 amide bonds. The zero-order valence-corrected chi connectivity index (χ0v) is 11.4. The van der Waals surface area contributed by atoms with Crippen LogP contribution in [-0.4, -0.2) is 29.3 Å². The van der Waals surface area contributed by atoms with E-state index in [0.29, 0.717) is 5.92 Å². The molecule has 0 spiro atoms. The van der Waals surface area contributed by atoms with Gasteiger partial charge in [0, 0.05) is 36.7 Å². The standard InChI is InChI=1S/C14H21N3O/c1-10(2)14-15-11(3)8-13(16-14)17-6-4-12(9-18)5-7-17/h8-10,12H,4-7H2,1-3H3. The Morgan fingerprint density at radius 3 is 2.56 bits per heavy atom. The van der Waals surface area contributed by atoms with Gasteiger partial charge in [0.15, 0.2) is 0 Å². The van der Waals surface area contributed by atoms with Crippen molar-refractivity contribution >= 4 is 12.1 Å². The maximum atomic E-state index is 10.8. The number of carbonyl (C=O) groups is 1. The van der Waals surface area contributed by atoms with Crippen molar-refractivity contribution in [2.24, 2.45) is 5.92 Å². The van der Waals surface area contributed by atoms with E-state index in [0.717, 1.165) is 49.6 Å². The van der Waals surface area contributed by atoms with E-state index in [-0.39, 0.29) is 5.92 Å². The van der Waals surface area contributed by atoms with Crippen molar-refractivity contribution in [2.75, 3.05) is 18.0 Å². The Morgan fingerprint density at radius 1 is 1.33 bits per heavy atom. The molecule has 2 heterocycles. The van der Waals surface area contributed by atoms with Gasteiger partial charge in [-0.05, 0) is 19.8 Å². The Kier molecular flexibility index (Phi) is 3.94. The molecule has 0 saturated carbocycles. The number of aromatic nitrogens is 2. The Balaban J connectivity index is 2.16. The SMILES string of the molecule is Cc1cc(N2CCC(C=O)CC2)nc(C(C)C)n1. The summed E-state index contributed by atoms with van der Waals surface area (Å²) < 4.78 is 0. The fourth-order valence-corrected chi connectivity index (χ4v) is 2.26. The highest BCUT2D eigenvalue weighted by atomic mass is 16.1. The minimum Gasteiger partial charge on any atom is -0.356 e. The number of hydrogen-bond acceptors (Lipinski definition) is 4. The van der Waals surface area contributed by atoms with E-state index in [2.05, 4.69) is 28.7 Å².